The molecule has 0 bridgehead atoms. The lowest BCUT2D eigenvalue weighted by Gasteiger charge is -2.15. The number of rotatable bonds is 4. The summed E-state index contributed by atoms with van der Waals surface area (Å²) in [6.07, 6.45) is 0. The Hall–Kier alpha value is -2.38. The van der Waals surface area contributed by atoms with E-state index in [4.69, 9.17) is 16.3 Å². The molecule has 0 aromatic heterocycles. The highest BCUT2D eigenvalue weighted by molar-refractivity contribution is 7.90. The number of hydrogen-bond donors (Lipinski definition) is 0. The first-order chi connectivity index (χ1) is 11.4. The van der Waals surface area contributed by atoms with Gasteiger partial charge in [-0.3, -0.25) is 4.79 Å². The lowest BCUT2D eigenvalue weighted by atomic mass is 10.2. The molecule has 0 aliphatic carbocycles. The summed E-state index contributed by atoms with van der Waals surface area (Å²) < 4.78 is 30.4. The molecular formula is C16H12ClNO5S. The zero-order valence-corrected chi connectivity index (χ0v) is 13.9. The van der Waals surface area contributed by atoms with Gasteiger partial charge in [0, 0.05) is 0 Å². The van der Waals surface area contributed by atoms with Crippen molar-refractivity contribution in [3.8, 4) is 0 Å². The van der Waals surface area contributed by atoms with Gasteiger partial charge < -0.3 is 4.74 Å². The summed E-state index contributed by atoms with van der Waals surface area (Å²) in [6, 6.07) is 12.3. The Morgan fingerprint density at radius 2 is 1.75 bits per heavy atom. The molecule has 0 saturated heterocycles. The molecule has 8 heteroatoms. The molecule has 124 valence electrons. The number of sulfonamides is 1. The van der Waals surface area contributed by atoms with Crippen molar-refractivity contribution < 1.29 is 22.7 Å². The fourth-order valence-electron chi connectivity index (χ4n) is 2.38. The third-order valence-electron chi connectivity index (χ3n) is 3.53. The normalized spacial score (nSPS) is 15.2. The highest BCUT2D eigenvalue weighted by Crippen LogP contribution is 2.29. The SMILES string of the molecule is O=C(OCCN1C(=O)c2ccccc2S1(=O)=O)c1ccccc1Cl. The first-order valence-corrected chi connectivity index (χ1v) is 8.82. The molecule has 2 aromatic carbocycles. The molecule has 3 rings (SSSR count). The number of hydrogen-bond acceptors (Lipinski definition) is 5. The van der Waals surface area contributed by atoms with Crippen LogP contribution in [0.25, 0.3) is 0 Å². The van der Waals surface area contributed by atoms with Crippen molar-refractivity contribution in [3.05, 3.63) is 64.7 Å². The summed E-state index contributed by atoms with van der Waals surface area (Å²) in [4.78, 5) is 24.1. The van der Waals surface area contributed by atoms with Crippen LogP contribution < -0.4 is 0 Å². The molecule has 0 saturated carbocycles. The molecule has 1 aliphatic rings. The van der Waals surface area contributed by atoms with Gasteiger partial charge in [-0.2, -0.15) is 0 Å². The lowest BCUT2D eigenvalue weighted by molar-refractivity contribution is 0.0478. The molecule has 24 heavy (non-hydrogen) atoms. The van der Waals surface area contributed by atoms with E-state index in [1.807, 2.05) is 0 Å². The summed E-state index contributed by atoms with van der Waals surface area (Å²) >= 11 is 5.89. The van der Waals surface area contributed by atoms with Gasteiger partial charge >= 0.3 is 5.97 Å². The minimum atomic E-state index is -3.90. The Labute approximate surface area is 143 Å². The standard InChI is InChI=1S/C16H12ClNO5S/c17-13-7-3-1-5-11(13)16(20)23-10-9-18-15(19)12-6-2-4-8-14(12)24(18,21)22/h1-8H,9-10H2. The predicted molar refractivity (Wildman–Crippen MR) is 86.4 cm³/mol. The van der Waals surface area contributed by atoms with Crippen molar-refractivity contribution in [2.75, 3.05) is 13.2 Å². The number of halogens is 1. The van der Waals surface area contributed by atoms with Crippen LogP contribution in [0.1, 0.15) is 20.7 Å². The number of nitrogens with zero attached hydrogens (tertiary/aromatic N) is 1. The Morgan fingerprint density at radius 1 is 1.08 bits per heavy atom. The maximum absolute atomic E-state index is 12.3. The van der Waals surface area contributed by atoms with E-state index in [0.717, 1.165) is 0 Å². The highest BCUT2D eigenvalue weighted by atomic mass is 35.5. The Morgan fingerprint density at radius 3 is 2.46 bits per heavy atom. The number of ether oxygens (including phenoxy) is 1. The van der Waals surface area contributed by atoms with E-state index in [2.05, 4.69) is 0 Å². The summed E-state index contributed by atoms with van der Waals surface area (Å²) in [7, 11) is -3.90. The van der Waals surface area contributed by atoms with Crippen LogP contribution in [-0.2, 0) is 14.8 Å². The van der Waals surface area contributed by atoms with Gasteiger partial charge in [-0.15, -0.1) is 0 Å². The molecule has 0 radical (unpaired) electrons. The minimum Gasteiger partial charge on any atom is -0.460 e. The molecule has 1 amide bonds. The van der Waals surface area contributed by atoms with Gasteiger partial charge in [-0.1, -0.05) is 35.9 Å². The average molecular weight is 366 g/mol. The second kappa shape index (κ2) is 6.26. The van der Waals surface area contributed by atoms with E-state index in [0.29, 0.717) is 4.31 Å². The van der Waals surface area contributed by atoms with Crippen molar-refractivity contribution in [2.45, 2.75) is 4.90 Å². The first kappa shape index (κ1) is 16.5. The van der Waals surface area contributed by atoms with Crippen molar-refractivity contribution in [1.29, 1.82) is 0 Å². The van der Waals surface area contributed by atoms with Crippen LogP contribution in [0.4, 0.5) is 0 Å². The molecule has 0 atom stereocenters. The van der Waals surface area contributed by atoms with Gasteiger partial charge in [0.1, 0.15) is 11.5 Å². The number of carbonyl (C=O) groups is 2. The van der Waals surface area contributed by atoms with Crippen LogP contribution in [0, 0.1) is 0 Å². The summed E-state index contributed by atoms with van der Waals surface area (Å²) in [5.74, 6) is -1.30. The van der Waals surface area contributed by atoms with E-state index in [9.17, 15) is 18.0 Å². The number of esters is 1. The van der Waals surface area contributed by atoms with Crippen LogP contribution in [-0.4, -0.2) is 37.8 Å². The molecule has 6 nitrogen and oxygen atoms in total. The van der Waals surface area contributed by atoms with E-state index in [1.165, 1.54) is 18.2 Å². The van der Waals surface area contributed by atoms with Crippen molar-refractivity contribution in [1.82, 2.24) is 4.31 Å². The molecule has 2 aromatic rings. The average Bonchev–Trinajstić information content (AvgIpc) is 2.76. The monoisotopic (exact) mass is 365 g/mol. The summed E-state index contributed by atoms with van der Waals surface area (Å²) in [5.41, 5.74) is 0.299. The number of benzene rings is 2. The van der Waals surface area contributed by atoms with E-state index in [1.54, 1.807) is 30.3 Å². The van der Waals surface area contributed by atoms with Gasteiger partial charge in [0.2, 0.25) is 0 Å². The second-order valence-electron chi connectivity index (χ2n) is 4.99. The lowest BCUT2D eigenvalue weighted by Crippen LogP contribution is -2.33. The topological polar surface area (TPSA) is 80.8 Å². The van der Waals surface area contributed by atoms with Crippen molar-refractivity contribution >= 4 is 33.5 Å². The van der Waals surface area contributed by atoms with Crippen molar-refractivity contribution in [3.63, 3.8) is 0 Å². The molecule has 0 N–H and O–H groups in total. The van der Waals surface area contributed by atoms with Crippen LogP contribution in [0.3, 0.4) is 0 Å². The van der Waals surface area contributed by atoms with Crippen LogP contribution in [0.2, 0.25) is 5.02 Å². The minimum absolute atomic E-state index is 0.0348. The maximum atomic E-state index is 12.3. The molecule has 0 spiro atoms. The molecule has 0 unspecified atom stereocenters. The van der Waals surface area contributed by atoms with Crippen LogP contribution in [0.5, 0.6) is 0 Å². The second-order valence-corrected chi connectivity index (χ2v) is 7.23. The fourth-order valence-corrected chi connectivity index (χ4v) is 4.14. The molecule has 1 aliphatic heterocycles. The first-order valence-electron chi connectivity index (χ1n) is 7.00. The van der Waals surface area contributed by atoms with Crippen molar-refractivity contribution in [2.24, 2.45) is 0 Å². The zero-order valence-electron chi connectivity index (χ0n) is 12.3. The van der Waals surface area contributed by atoms with Gasteiger partial charge in [0.25, 0.3) is 15.9 Å². The maximum Gasteiger partial charge on any atom is 0.339 e. The number of carbonyl (C=O) groups excluding carboxylic acids is 2. The third-order valence-corrected chi connectivity index (χ3v) is 5.70. The summed E-state index contributed by atoms with van der Waals surface area (Å²) in [6.45, 7) is -0.519. The van der Waals surface area contributed by atoms with E-state index in [-0.39, 0.29) is 34.2 Å². The Balaban J connectivity index is 1.69. The molecule has 1 heterocycles. The van der Waals surface area contributed by atoms with Crippen LogP contribution in [0.15, 0.2) is 53.4 Å². The third kappa shape index (κ3) is 2.76. The largest absolute Gasteiger partial charge is 0.460 e. The Kier molecular flexibility index (Phi) is 4.29. The van der Waals surface area contributed by atoms with Gasteiger partial charge in [-0.25, -0.2) is 17.5 Å². The Bertz CT molecular complexity index is 926. The molecule has 0 fully saturated rings. The van der Waals surface area contributed by atoms with Crippen LogP contribution >= 0.6 is 11.6 Å². The van der Waals surface area contributed by atoms with E-state index < -0.39 is 21.9 Å². The zero-order chi connectivity index (χ0) is 17.3. The summed E-state index contributed by atoms with van der Waals surface area (Å²) in [5, 5.41) is 0.236. The van der Waals surface area contributed by atoms with Gasteiger partial charge in [0.05, 0.1) is 22.7 Å². The smallest absolute Gasteiger partial charge is 0.339 e. The number of amides is 1. The fraction of sp³-hybridized carbons (Fsp3) is 0.125. The molecular weight excluding hydrogens is 354 g/mol. The predicted octanol–water partition coefficient (Wildman–Crippen LogP) is 2.34. The van der Waals surface area contributed by atoms with E-state index >= 15 is 0 Å². The number of fused-ring (bicyclic) bond motifs is 1. The quantitative estimate of drug-likeness (QED) is 0.777. The van der Waals surface area contributed by atoms with Gasteiger partial charge in [-0.05, 0) is 24.3 Å². The van der Waals surface area contributed by atoms with Gasteiger partial charge in [0.15, 0.2) is 0 Å². The highest BCUT2D eigenvalue weighted by Gasteiger charge is 2.40.